The van der Waals surface area contributed by atoms with Gasteiger partial charge in [0.05, 0.1) is 6.54 Å². The number of anilines is 1. The lowest BCUT2D eigenvalue weighted by Crippen LogP contribution is -2.35. The second-order valence-electron chi connectivity index (χ2n) is 7.81. The molecule has 1 saturated heterocycles. The van der Waals surface area contributed by atoms with Crippen molar-refractivity contribution < 1.29 is 4.79 Å². The number of carbonyl (C=O) groups is 1. The number of guanidine groups is 1. The maximum absolute atomic E-state index is 12.5. The van der Waals surface area contributed by atoms with Crippen molar-refractivity contribution in [1.82, 2.24) is 4.90 Å². The van der Waals surface area contributed by atoms with Crippen LogP contribution in [0.2, 0.25) is 0 Å². The van der Waals surface area contributed by atoms with Crippen LogP contribution in [-0.4, -0.2) is 29.9 Å². The monoisotopic (exact) mass is 392 g/mol. The molecule has 0 bridgehead atoms. The summed E-state index contributed by atoms with van der Waals surface area (Å²) in [5.41, 5.74) is 10.1. The highest BCUT2D eigenvalue weighted by Gasteiger charge is 2.17. The maximum Gasteiger partial charge on any atom is 0.253 e. The number of amides is 1. The fraction of sp³-hybridized carbons (Fsp3) is 0.417. The van der Waals surface area contributed by atoms with Crippen LogP contribution < -0.4 is 11.1 Å². The van der Waals surface area contributed by atoms with Gasteiger partial charge in [0.25, 0.3) is 5.91 Å². The molecule has 3 rings (SSSR count). The third kappa shape index (κ3) is 5.83. The van der Waals surface area contributed by atoms with Gasteiger partial charge in [0.1, 0.15) is 0 Å². The molecule has 1 fully saturated rings. The summed E-state index contributed by atoms with van der Waals surface area (Å²) >= 11 is 0. The number of rotatable bonds is 6. The van der Waals surface area contributed by atoms with E-state index >= 15 is 0 Å². The van der Waals surface area contributed by atoms with Crippen LogP contribution in [0.15, 0.2) is 53.5 Å². The van der Waals surface area contributed by atoms with Gasteiger partial charge in [-0.1, -0.05) is 38.1 Å². The summed E-state index contributed by atoms with van der Waals surface area (Å²) in [5, 5.41) is 3.14. The van der Waals surface area contributed by atoms with Gasteiger partial charge < -0.3 is 16.0 Å². The van der Waals surface area contributed by atoms with E-state index in [1.807, 2.05) is 41.3 Å². The summed E-state index contributed by atoms with van der Waals surface area (Å²) in [7, 11) is 0. The zero-order chi connectivity index (χ0) is 20.6. The molecule has 29 heavy (non-hydrogen) atoms. The Morgan fingerprint density at radius 2 is 1.72 bits per heavy atom. The van der Waals surface area contributed by atoms with E-state index in [4.69, 9.17) is 5.73 Å². The first kappa shape index (κ1) is 20.9. The second-order valence-corrected chi connectivity index (χ2v) is 7.81. The van der Waals surface area contributed by atoms with E-state index in [0.717, 1.165) is 49.2 Å². The minimum absolute atomic E-state index is 0.127. The topological polar surface area (TPSA) is 70.7 Å². The van der Waals surface area contributed by atoms with Gasteiger partial charge in [-0.05, 0) is 67.0 Å². The Balaban J connectivity index is 1.54. The Hall–Kier alpha value is -2.82. The molecule has 0 aliphatic carbocycles. The summed E-state index contributed by atoms with van der Waals surface area (Å²) in [5.74, 6) is 1.07. The van der Waals surface area contributed by atoms with Gasteiger partial charge in [-0.2, -0.15) is 0 Å². The average Bonchev–Trinajstić information content (AvgIpc) is 2.78. The number of piperidine rings is 1. The van der Waals surface area contributed by atoms with Crippen molar-refractivity contribution in [2.75, 3.05) is 18.4 Å². The maximum atomic E-state index is 12.5. The summed E-state index contributed by atoms with van der Waals surface area (Å²) in [4.78, 5) is 18.9. The smallest absolute Gasteiger partial charge is 0.253 e. The first-order valence-electron chi connectivity index (χ1n) is 10.6. The summed E-state index contributed by atoms with van der Waals surface area (Å²) in [6.45, 7) is 6.63. The van der Waals surface area contributed by atoms with Crippen molar-refractivity contribution in [1.29, 1.82) is 0 Å². The molecule has 0 saturated carbocycles. The van der Waals surface area contributed by atoms with E-state index in [1.165, 1.54) is 12.0 Å². The minimum Gasteiger partial charge on any atom is -0.370 e. The predicted octanol–water partition coefficient (Wildman–Crippen LogP) is 4.75. The molecule has 1 aliphatic heterocycles. The van der Waals surface area contributed by atoms with E-state index in [-0.39, 0.29) is 5.91 Å². The van der Waals surface area contributed by atoms with Gasteiger partial charge >= 0.3 is 0 Å². The molecule has 2 aromatic rings. The Labute approximate surface area is 174 Å². The Kier molecular flexibility index (Phi) is 7.28. The molecule has 5 nitrogen and oxygen atoms in total. The van der Waals surface area contributed by atoms with Crippen molar-refractivity contribution in [3.63, 3.8) is 0 Å². The molecule has 1 unspecified atom stereocenters. The quantitative estimate of drug-likeness (QED) is 0.550. The third-order valence-corrected chi connectivity index (χ3v) is 5.64. The van der Waals surface area contributed by atoms with Gasteiger partial charge in [-0.15, -0.1) is 0 Å². The molecule has 1 amide bonds. The third-order valence-electron chi connectivity index (χ3n) is 5.64. The molecule has 2 aromatic carbocycles. The fourth-order valence-electron chi connectivity index (χ4n) is 3.53. The molecule has 1 aliphatic rings. The number of nitrogens with one attached hydrogen (secondary N) is 1. The largest absolute Gasteiger partial charge is 0.370 e. The number of nitrogens with two attached hydrogens (primary N) is 1. The van der Waals surface area contributed by atoms with Gasteiger partial charge in [0, 0.05) is 24.3 Å². The van der Waals surface area contributed by atoms with Crippen LogP contribution in [0.5, 0.6) is 0 Å². The lowest BCUT2D eigenvalue weighted by atomic mass is 9.99. The van der Waals surface area contributed by atoms with Crippen molar-refractivity contribution in [3.8, 4) is 0 Å². The number of carbonyl (C=O) groups excluding carboxylic acids is 1. The number of nitrogens with zero attached hydrogens (tertiary/aromatic N) is 2. The highest BCUT2D eigenvalue weighted by molar-refractivity contribution is 5.94. The lowest BCUT2D eigenvalue weighted by Gasteiger charge is -2.26. The van der Waals surface area contributed by atoms with Crippen LogP contribution in [-0.2, 0) is 6.54 Å². The summed E-state index contributed by atoms with van der Waals surface area (Å²) in [6, 6.07) is 16.0. The van der Waals surface area contributed by atoms with Crippen LogP contribution in [0, 0.1) is 0 Å². The molecule has 5 heteroatoms. The highest BCUT2D eigenvalue weighted by atomic mass is 16.2. The summed E-state index contributed by atoms with van der Waals surface area (Å²) in [6.07, 6.45) is 4.55. The van der Waals surface area contributed by atoms with Crippen LogP contribution >= 0.6 is 0 Å². The van der Waals surface area contributed by atoms with Crippen LogP contribution in [0.25, 0.3) is 0 Å². The average molecular weight is 393 g/mol. The molecule has 0 spiro atoms. The SMILES string of the molecule is CCC(C)c1ccc(NC(N)=NCc2ccc(C(=O)N3CCCCC3)cc2)cc1. The molecule has 154 valence electrons. The van der Waals surface area contributed by atoms with E-state index in [9.17, 15) is 4.79 Å². The zero-order valence-electron chi connectivity index (χ0n) is 17.5. The van der Waals surface area contributed by atoms with Crippen LogP contribution in [0.1, 0.15) is 66.9 Å². The van der Waals surface area contributed by atoms with Crippen LogP contribution in [0.3, 0.4) is 0 Å². The van der Waals surface area contributed by atoms with Gasteiger partial charge in [-0.25, -0.2) is 4.99 Å². The number of likely N-dealkylation sites (tertiary alicyclic amines) is 1. The molecular weight excluding hydrogens is 360 g/mol. The first-order valence-corrected chi connectivity index (χ1v) is 10.6. The van der Waals surface area contributed by atoms with E-state index < -0.39 is 0 Å². The minimum atomic E-state index is 0.127. The van der Waals surface area contributed by atoms with E-state index in [1.54, 1.807) is 0 Å². The van der Waals surface area contributed by atoms with E-state index in [2.05, 4.69) is 36.3 Å². The lowest BCUT2D eigenvalue weighted by molar-refractivity contribution is 0.0724. The molecule has 1 atom stereocenters. The van der Waals surface area contributed by atoms with E-state index in [0.29, 0.717) is 18.4 Å². The molecule has 0 aromatic heterocycles. The number of benzene rings is 2. The van der Waals surface area contributed by atoms with Crippen molar-refractivity contribution in [2.45, 2.75) is 52.0 Å². The Bertz CT molecular complexity index is 821. The molecule has 3 N–H and O–H groups in total. The summed E-state index contributed by atoms with van der Waals surface area (Å²) < 4.78 is 0. The number of hydrogen-bond donors (Lipinski definition) is 2. The van der Waals surface area contributed by atoms with Crippen LogP contribution in [0.4, 0.5) is 5.69 Å². The molecular formula is C24H32N4O. The predicted molar refractivity (Wildman–Crippen MR) is 120 cm³/mol. The fourth-order valence-corrected chi connectivity index (χ4v) is 3.53. The second kappa shape index (κ2) is 10.1. The molecule has 0 radical (unpaired) electrons. The van der Waals surface area contributed by atoms with Crippen molar-refractivity contribution in [3.05, 3.63) is 65.2 Å². The highest BCUT2D eigenvalue weighted by Crippen LogP contribution is 2.20. The van der Waals surface area contributed by atoms with Gasteiger partial charge in [0.2, 0.25) is 0 Å². The van der Waals surface area contributed by atoms with Gasteiger partial charge in [-0.3, -0.25) is 4.79 Å². The Morgan fingerprint density at radius 1 is 1.07 bits per heavy atom. The number of hydrogen-bond acceptors (Lipinski definition) is 2. The first-order chi connectivity index (χ1) is 14.1. The standard InChI is InChI=1S/C24H32N4O/c1-3-18(2)20-11-13-22(14-12-20)27-24(25)26-17-19-7-9-21(10-8-19)23(29)28-15-5-4-6-16-28/h7-14,18H,3-6,15-17H2,1-2H3,(H3,25,26,27). The zero-order valence-corrected chi connectivity index (χ0v) is 17.5. The number of aliphatic imine (C=N–C) groups is 1. The van der Waals surface area contributed by atoms with Gasteiger partial charge in [0.15, 0.2) is 5.96 Å². The normalized spacial score (nSPS) is 15.8. The molecule has 1 heterocycles. The van der Waals surface area contributed by atoms with Crippen molar-refractivity contribution >= 4 is 17.6 Å². The Morgan fingerprint density at radius 3 is 2.34 bits per heavy atom. The van der Waals surface area contributed by atoms with Crippen molar-refractivity contribution in [2.24, 2.45) is 10.7 Å².